The standard InChI is InChI=1S/C12H25N3/c1-3-13-9-11(2)15-8-7-14-6-4-5-12(14)10-15/h11-13H,3-10H2,1-2H3. The van der Waals surface area contributed by atoms with Crippen molar-refractivity contribution in [3.05, 3.63) is 0 Å². The highest BCUT2D eigenvalue weighted by atomic mass is 15.3. The van der Waals surface area contributed by atoms with Crippen molar-refractivity contribution in [2.75, 3.05) is 39.3 Å². The fraction of sp³-hybridized carbons (Fsp3) is 1.00. The van der Waals surface area contributed by atoms with Crippen molar-refractivity contribution in [3.63, 3.8) is 0 Å². The lowest BCUT2D eigenvalue weighted by Crippen LogP contribution is -2.54. The average molecular weight is 211 g/mol. The molecule has 0 amide bonds. The van der Waals surface area contributed by atoms with E-state index in [0.29, 0.717) is 6.04 Å². The fourth-order valence-corrected chi connectivity index (χ4v) is 2.90. The van der Waals surface area contributed by atoms with E-state index in [4.69, 9.17) is 0 Å². The van der Waals surface area contributed by atoms with Crippen LogP contribution in [-0.4, -0.2) is 61.2 Å². The van der Waals surface area contributed by atoms with Gasteiger partial charge < -0.3 is 5.32 Å². The number of hydrogen-bond acceptors (Lipinski definition) is 3. The molecule has 2 unspecified atom stereocenters. The van der Waals surface area contributed by atoms with Crippen molar-refractivity contribution in [1.82, 2.24) is 15.1 Å². The fourth-order valence-electron chi connectivity index (χ4n) is 2.90. The van der Waals surface area contributed by atoms with Gasteiger partial charge in [0.25, 0.3) is 0 Å². The van der Waals surface area contributed by atoms with Crippen molar-refractivity contribution in [3.8, 4) is 0 Å². The van der Waals surface area contributed by atoms with Crippen molar-refractivity contribution in [1.29, 1.82) is 0 Å². The quantitative estimate of drug-likeness (QED) is 0.741. The van der Waals surface area contributed by atoms with Gasteiger partial charge in [0.15, 0.2) is 0 Å². The molecule has 0 aromatic carbocycles. The van der Waals surface area contributed by atoms with Gasteiger partial charge >= 0.3 is 0 Å². The van der Waals surface area contributed by atoms with Crippen LogP contribution in [0.2, 0.25) is 0 Å². The predicted octanol–water partition coefficient (Wildman–Crippen LogP) is 0.764. The van der Waals surface area contributed by atoms with Crippen molar-refractivity contribution in [2.45, 2.75) is 38.8 Å². The summed E-state index contributed by atoms with van der Waals surface area (Å²) >= 11 is 0. The Morgan fingerprint density at radius 2 is 2.20 bits per heavy atom. The molecule has 3 nitrogen and oxygen atoms in total. The predicted molar refractivity (Wildman–Crippen MR) is 64.2 cm³/mol. The molecule has 2 heterocycles. The van der Waals surface area contributed by atoms with Crippen LogP contribution in [0.4, 0.5) is 0 Å². The molecular weight excluding hydrogens is 186 g/mol. The average Bonchev–Trinajstić information content (AvgIpc) is 2.72. The zero-order valence-electron chi connectivity index (χ0n) is 10.2. The summed E-state index contributed by atoms with van der Waals surface area (Å²) in [5, 5.41) is 3.45. The topological polar surface area (TPSA) is 18.5 Å². The van der Waals surface area contributed by atoms with Crippen LogP contribution in [0.15, 0.2) is 0 Å². The molecule has 3 heteroatoms. The molecule has 0 radical (unpaired) electrons. The molecule has 0 aromatic heterocycles. The van der Waals surface area contributed by atoms with E-state index in [2.05, 4.69) is 29.0 Å². The SMILES string of the molecule is CCNCC(C)N1CCN2CCCC2C1. The maximum Gasteiger partial charge on any atom is 0.0224 e. The third kappa shape index (κ3) is 2.71. The molecule has 0 spiro atoms. The first-order valence-electron chi connectivity index (χ1n) is 6.50. The summed E-state index contributed by atoms with van der Waals surface area (Å²) in [6.45, 7) is 12.0. The first kappa shape index (κ1) is 11.4. The Balaban J connectivity index is 1.78. The highest BCUT2D eigenvalue weighted by molar-refractivity contribution is 4.88. The highest BCUT2D eigenvalue weighted by Crippen LogP contribution is 2.22. The van der Waals surface area contributed by atoms with E-state index >= 15 is 0 Å². The second kappa shape index (κ2) is 5.28. The molecule has 0 aromatic rings. The van der Waals surface area contributed by atoms with Gasteiger partial charge in [-0.1, -0.05) is 6.92 Å². The Kier molecular flexibility index (Phi) is 4.00. The van der Waals surface area contributed by atoms with Gasteiger partial charge in [0, 0.05) is 38.3 Å². The molecule has 88 valence electrons. The first-order valence-corrected chi connectivity index (χ1v) is 6.50. The van der Waals surface area contributed by atoms with E-state index in [-0.39, 0.29) is 0 Å². The molecule has 2 atom stereocenters. The van der Waals surface area contributed by atoms with Gasteiger partial charge in [-0.15, -0.1) is 0 Å². The van der Waals surface area contributed by atoms with E-state index in [1.54, 1.807) is 0 Å². The van der Waals surface area contributed by atoms with Gasteiger partial charge in [0.1, 0.15) is 0 Å². The van der Waals surface area contributed by atoms with Crippen molar-refractivity contribution >= 4 is 0 Å². The normalized spacial score (nSPS) is 30.4. The van der Waals surface area contributed by atoms with E-state index < -0.39 is 0 Å². The molecule has 1 N–H and O–H groups in total. The third-order valence-corrected chi connectivity index (χ3v) is 3.93. The zero-order chi connectivity index (χ0) is 10.7. The molecule has 2 rings (SSSR count). The van der Waals surface area contributed by atoms with Crippen molar-refractivity contribution < 1.29 is 0 Å². The summed E-state index contributed by atoms with van der Waals surface area (Å²) in [5.74, 6) is 0. The number of rotatable bonds is 4. The van der Waals surface area contributed by atoms with Crippen LogP contribution in [0, 0.1) is 0 Å². The van der Waals surface area contributed by atoms with Crippen molar-refractivity contribution in [2.24, 2.45) is 0 Å². The van der Waals surface area contributed by atoms with Gasteiger partial charge in [-0.05, 0) is 32.9 Å². The molecule has 2 aliphatic heterocycles. The van der Waals surface area contributed by atoms with Gasteiger partial charge in [-0.3, -0.25) is 9.80 Å². The summed E-state index contributed by atoms with van der Waals surface area (Å²) in [6, 6.07) is 1.57. The van der Waals surface area contributed by atoms with Crippen LogP contribution in [0.5, 0.6) is 0 Å². The maximum absolute atomic E-state index is 3.45. The zero-order valence-corrected chi connectivity index (χ0v) is 10.2. The first-order chi connectivity index (χ1) is 7.31. The summed E-state index contributed by atoms with van der Waals surface area (Å²) < 4.78 is 0. The number of nitrogens with zero attached hydrogens (tertiary/aromatic N) is 2. The summed E-state index contributed by atoms with van der Waals surface area (Å²) in [7, 11) is 0. The van der Waals surface area contributed by atoms with E-state index in [9.17, 15) is 0 Å². The van der Waals surface area contributed by atoms with Crippen LogP contribution in [0.25, 0.3) is 0 Å². The molecule has 0 aliphatic carbocycles. The third-order valence-electron chi connectivity index (χ3n) is 3.93. The molecule has 2 fully saturated rings. The highest BCUT2D eigenvalue weighted by Gasteiger charge is 2.31. The van der Waals surface area contributed by atoms with E-state index in [1.807, 2.05) is 0 Å². The molecule has 15 heavy (non-hydrogen) atoms. The lowest BCUT2D eigenvalue weighted by atomic mass is 10.1. The molecule has 2 saturated heterocycles. The second-order valence-electron chi connectivity index (χ2n) is 4.98. The Hall–Kier alpha value is -0.120. The Labute approximate surface area is 93.8 Å². The van der Waals surface area contributed by atoms with Crippen LogP contribution in [-0.2, 0) is 0 Å². The number of piperazine rings is 1. The van der Waals surface area contributed by atoms with Gasteiger partial charge in [0.05, 0.1) is 0 Å². The minimum Gasteiger partial charge on any atom is -0.315 e. The minimum absolute atomic E-state index is 0.702. The second-order valence-corrected chi connectivity index (χ2v) is 4.98. The number of fused-ring (bicyclic) bond motifs is 1. The van der Waals surface area contributed by atoms with E-state index in [1.165, 1.54) is 39.0 Å². The number of likely N-dealkylation sites (N-methyl/N-ethyl adjacent to an activating group) is 1. The summed E-state index contributed by atoms with van der Waals surface area (Å²) in [4.78, 5) is 5.34. The number of nitrogens with one attached hydrogen (secondary N) is 1. The van der Waals surface area contributed by atoms with Gasteiger partial charge in [0.2, 0.25) is 0 Å². The Morgan fingerprint density at radius 1 is 1.33 bits per heavy atom. The van der Waals surface area contributed by atoms with Crippen LogP contribution < -0.4 is 5.32 Å². The Bertz CT molecular complexity index is 195. The minimum atomic E-state index is 0.702. The van der Waals surface area contributed by atoms with Crippen LogP contribution in [0.1, 0.15) is 26.7 Å². The lowest BCUT2D eigenvalue weighted by molar-refractivity contribution is 0.0771. The number of hydrogen-bond donors (Lipinski definition) is 1. The summed E-state index contributed by atoms with van der Waals surface area (Å²) in [6.07, 6.45) is 2.84. The van der Waals surface area contributed by atoms with E-state index in [0.717, 1.165) is 19.1 Å². The molecule has 0 bridgehead atoms. The largest absolute Gasteiger partial charge is 0.315 e. The molecule has 2 aliphatic rings. The smallest absolute Gasteiger partial charge is 0.0224 e. The monoisotopic (exact) mass is 211 g/mol. The molecule has 0 saturated carbocycles. The lowest BCUT2D eigenvalue weighted by Gasteiger charge is -2.40. The maximum atomic E-state index is 3.45. The summed E-state index contributed by atoms with van der Waals surface area (Å²) in [5.41, 5.74) is 0. The van der Waals surface area contributed by atoms with Gasteiger partial charge in [-0.25, -0.2) is 0 Å². The molecular formula is C12H25N3. The van der Waals surface area contributed by atoms with Gasteiger partial charge in [-0.2, -0.15) is 0 Å². The van der Waals surface area contributed by atoms with Crippen LogP contribution in [0.3, 0.4) is 0 Å². The Morgan fingerprint density at radius 3 is 3.00 bits per heavy atom. The van der Waals surface area contributed by atoms with Crippen LogP contribution >= 0.6 is 0 Å².